The average molecular weight is 262 g/mol. The second kappa shape index (κ2) is 4.14. The van der Waals surface area contributed by atoms with Crippen molar-refractivity contribution in [3.05, 3.63) is 41.5 Å². The maximum Gasteiger partial charge on any atom is 0.208 e. The predicted molar refractivity (Wildman–Crippen MR) is 70.2 cm³/mol. The molecule has 3 rings (SSSR count). The Balaban J connectivity index is 2.34. The van der Waals surface area contributed by atoms with Gasteiger partial charge < -0.3 is 4.42 Å². The van der Waals surface area contributed by atoms with Crippen molar-refractivity contribution < 1.29 is 4.42 Å². The summed E-state index contributed by atoms with van der Waals surface area (Å²) >= 11 is 5.84. The fourth-order valence-corrected chi connectivity index (χ4v) is 2.10. The number of nitrogens with zero attached hydrogens (tertiary/aromatic N) is 3. The van der Waals surface area contributed by atoms with Crippen molar-refractivity contribution in [2.75, 3.05) is 0 Å². The molecule has 4 nitrogen and oxygen atoms in total. The molecule has 3 aromatic rings. The van der Waals surface area contributed by atoms with Crippen molar-refractivity contribution in [2.45, 2.75) is 19.8 Å². The van der Waals surface area contributed by atoms with Gasteiger partial charge in [0.1, 0.15) is 11.3 Å². The van der Waals surface area contributed by atoms with Crippen molar-refractivity contribution >= 4 is 22.8 Å². The summed E-state index contributed by atoms with van der Waals surface area (Å²) in [4.78, 5) is 8.96. The third-order valence-corrected chi connectivity index (χ3v) is 2.94. The van der Waals surface area contributed by atoms with Crippen LogP contribution in [-0.4, -0.2) is 14.5 Å². The minimum absolute atomic E-state index is 0.267. The van der Waals surface area contributed by atoms with Gasteiger partial charge in [-0.1, -0.05) is 13.8 Å². The third kappa shape index (κ3) is 1.69. The van der Waals surface area contributed by atoms with E-state index in [4.69, 9.17) is 16.0 Å². The van der Waals surface area contributed by atoms with E-state index in [0.29, 0.717) is 11.1 Å². The van der Waals surface area contributed by atoms with Gasteiger partial charge in [-0.25, -0.2) is 14.5 Å². The van der Waals surface area contributed by atoms with Crippen LogP contribution in [0.15, 0.2) is 34.9 Å². The van der Waals surface area contributed by atoms with Crippen LogP contribution in [0.25, 0.3) is 17.0 Å². The van der Waals surface area contributed by atoms with E-state index in [-0.39, 0.29) is 5.92 Å². The van der Waals surface area contributed by atoms with E-state index in [1.54, 1.807) is 12.3 Å². The standard InChI is InChI=1S/C13H12ClN3O/c1-8(2)12-16-9-4-3-7-15-13(9)17(12)11-6-5-10(14)18-11/h3-8H,1-2H3. The van der Waals surface area contributed by atoms with E-state index in [1.807, 2.05) is 22.8 Å². The molecule has 0 unspecified atom stereocenters. The zero-order valence-electron chi connectivity index (χ0n) is 10.1. The summed E-state index contributed by atoms with van der Waals surface area (Å²) in [6.07, 6.45) is 1.75. The lowest BCUT2D eigenvalue weighted by atomic mass is 10.2. The molecule has 0 radical (unpaired) electrons. The van der Waals surface area contributed by atoms with Gasteiger partial charge in [0.25, 0.3) is 0 Å². The van der Waals surface area contributed by atoms with Gasteiger partial charge in [-0.15, -0.1) is 0 Å². The highest BCUT2D eigenvalue weighted by molar-refractivity contribution is 6.28. The summed E-state index contributed by atoms with van der Waals surface area (Å²) < 4.78 is 7.38. The van der Waals surface area contributed by atoms with Gasteiger partial charge in [0.05, 0.1) is 0 Å². The Bertz CT molecular complexity index is 699. The minimum atomic E-state index is 0.267. The maximum absolute atomic E-state index is 5.84. The third-order valence-electron chi connectivity index (χ3n) is 2.74. The van der Waals surface area contributed by atoms with Gasteiger partial charge in [0, 0.05) is 18.2 Å². The molecule has 0 amide bonds. The van der Waals surface area contributed by atoms with Crippen LogP contribution in [0.4, 0.5) is 0 Å². The molecule has 3 aromatic heterocycles. The molecule has 0 aliphatic carbocycles. The quantitative estimate of drug-likeness (QED) is 0.705. The highest BCUT2D eigenvalue weighted by atomic mass is 35.5. The van der Waals surface area contributed by atoms with E-state index in [0.717, 1.165) is 17.0 Å². The van der Waals surface area contributed by atoms with Crippen LogP contribution < -0.4 is 0 Å². The Morgan fingerprint density at radius 1 is 1.28 bits per heavy atom. The van der Waals surface area contributed by atoms with Gasteiger partial charge in [0.2, 0.25) is 5.88 Å². The first-order valence-electron chi connectivity index (χ1n) is 5.76. The molecule has 0 spiro atoms. The van der Waals surface area contributed by atoms with Crippen LogP contribution >= 0.6 is 11.6 Å². The number of fused-ring (bicyclic) bond motifs is 1. The molecule has 0 aliphatic rings. The van der Waals surface area contributed by atoms with E-state index >= 15 is 0 Å². The molecular formula is C13H12ClN3O. The number of furan rings is 1. The van der Waals surface area contributed by atoms with Crippen molar-refractivity contribution in [1.29, 1.82) is 0 Å². The lowest BCUT2D eigenvalue weighted by Gasteiger charge is -2.07. The molecule has 0 fully saturated rings. The van der Waals surface area contributed by atoms with Crippen LogP contribution in [0.3, 0.4) is 0 Å². The normalized spacial score (nSPS) is 11.6. The monoisotopic (exact) mass is 261 g/mol. The fourth-order valence-electron chi connectivity index (χ4n) is 1.96. The summed E-state index contributed by atoms with van der Waals surface area (Å²) in [7, 11) is 0. The Morgan fingerprint density at radius 2 is 2.11 bits per heavy atom. The maximum atomic E-state index is 5.84. The molecule has 0 N–H and O–H groups in total. The van der Waals surface area contributed by atoms with Gasteiger partial charge in [-0.05, 0) is 29.8 Å². The first-order valence-corrected chi connectivity index (χ1v) is 6.13. The summed E-state index contributed by atoms with van der Waals surface area (Å²) in [6, 6.07) is 7.36. The lowest BCUT2D eigenvalue weighted by molar-refractivity contribution is 0.533. The number of pyridine rings is 1. The molecule has 92 valence electrons. The number of rotatable bonds is 2. The number of hydrogen-bond acceptors (Lipinski definition) is 3. The fraction of sp³-hybridized carbons (Fsp3) is 0.231. The van der Waals surface area contributed by atoms with E-state index in [1.165, 1.54) is 0 Å². The topological polar surface area (TPSA) is 43.9 Å². The number of halogens is 1. The molecule has 3 heterocycles. The van der Waals surface area contributed by atoms with Gasteiger partial charge in [-0.3, -0.25) is 0 Å². The highest BCUT2D eigenvalue weighted by Crippen LogP contribution is 2.26. The second-order valence-corrected chi connectivity index (χ2v) is 4.76. The van der Waals surface area contributed by atoms with Crippen LogP contribution in [-0.2, 0) is 0 Å². The Morgan fingerprint density at radius 3 is 2.78 bits per heavy atom. The zero-order chi connectivity index (χ0) is 12.7. The predicted octanol–water partition coefficient (Wildman–Crippen LogP) is 3.79. The molecule has 0 bridgehead atoms. The average Bonchev–Trinajstić information content (AvgIpc) is 2.92. The number of aromatic nitrogens is 3. The van der Waals surface area contributed by atoms with Gasteiger partial charge in [0.15, 0.2) is 10.9 Å². The molecular weight excluding hydrogens is 250 g/mol. The van der Waals surface area contributed by atoms with Crippen LogP contribution in [0, 0.1) is 0 Å². The minimum Gasteiger partial charge on any atom is -0.428 e. The Hall–Kier alpha value is -1.81. The van der Waals surface area contributed by atoms with Crippen molar-refractivity contribution in [3.8, 4) is 5.88 Å². The van der Waals surface area contributed by atoms with Crippen LogP contribution in [0.1, 0.15) is 25.6 Å². The summed E-state index contributed by atoms with van der Waals surface area (Å²) in [6.45, 7) is 4.17. The second-order valence-electron chi connectivity index (χ2n) is 4.38. The van der Waals surface area contributed by atoms with Crippen molar-refractivity contribution in [2.24, 2.45) is 0 Å². The largest absolute Gasteiger partial charge is 0.428 e. The SMILES string of the molecule is CC(C)c1nc2cccnc2n1-c1ccc(Cl)o1. The Kier molecular flexibility index (Phi) is 2.59. The van der Waals surface area contributed by atoms with Crippen molar-refractivity contribution in [1.82, 2.24) is 14.5 Å². The first kappa shape index (κ1) is 11.3. The molecule has 0 aliphatic heterocycles. The first-order chi connectivity index (χ1) is 8.66. The van der Waals surface area contributed by atoms with E-state index in [2.05, 4.69) is 23.8 Å². The summed E-state index contributed by atoms with van der Waals surface area (Å²) in [5.41, 5.74) is 1.64. The van der Waals surface area contributed by atoms with Crippen LogP contribution in [0.2, 0.25) is 5.22 Å². The van der Waals surface area contributed by atoms with E-state index < -0.39 is 0 Å². The van der Waals surface area contributed by atoms with Gasteiger partial charge in [-0.2, -0.15) is 0 Å². The lowest BCUT2D eigenvalue weighted by Crippen LogP contribution is -2.02. The molecule has 5 heteroatoms. The van der Waals surface area contributed by atoms with Crippen molar-refractivity contribution in [3.63, 3.8) is 0 Å². The smallest absolute Gasteiger partial charge is 0.208 e. The molecule has 0 saturated heterocycles. The molecule has 0 saturated carbocycles. The molecule has 18 heavy (non-hydrogen) atoms. The van der Waals surface area contributed by atoms with E-state index in [9.17, 15) is 0 Å². The zero-order valence-corrected chi connectivity index (χ0v) is 10.8. The number of imidazole rings is 1. The van der Waals surface area contributed by atoms with Crippen LogP contribution in [0.5, 0.6) is 0 Å². The number of hydrogen-bond donors (Lipinski definition) is 0. The molecule has 0 atom stereocenters. The van der Waals surface area contributed by atoms with Gasteiger partial charge >= 0.3 is 0 Å². The Labute approximate surface area is 109 Å². The highest BCUT2D eigenvalue weighted by Gasteiger charge is 2.17. The summed E-state index contributed by atoms with van der Waals surface area (Å²) in [5, 5.41) is 0.359. The summed E-state index contributed by atoms with van der Waals surface area (Å²) in [5.74, 6) is 1.82. The molecule has 0 aromatic carbocycles.